The van der Waals surface area contributed by atoms with Crippen LogP contribution in [0.25, 0.3) is 11.1 Å². The Morgan fingerprint density at radius 1 is 0.885 bits per heavy atom. The van der Waals surface area contributed by atoms with Crippen LogP contribution in [0.2, 0.25) is 0 Å². The van der Waals surface area contributed by atoms with Crippen LogP contribution in [0.1, 0.15) is 95.5 Å². The predicted octanol–water partition coefficient (Wildman–Crippen LogP) is 7.37. The van der Waals surface area contributed by atoms with Gasteiger partial charge in [0.15, 0.2) is 0 Å². The number of fused-ring (bicyclic) bond motifs is 4. The van der Waals surface area contributed by atoms with Crippen molar-refractivity contribution in [1.29, 1.82) is 0 Å². The van der Waals surface area contributed by atoms with Crippen LogP contribution in [-0.4, -0.2) is 0 Å². The molecule has 0 saturated carbocycles. The number of hydrogen-bond donors (Lipinski definition) is 0. The van der Waals surface area contributed by atoms with Crippen molar-refractivity contribution in [2.45, 2.75) is 85.0 Å². The number of rotatable bonds is 0. The Hall–Kier alpha value is -1.56. The minimum Gasteiger partial charge on any atom is -0.0593 e. The van der Waals surface area contributed by atoms with Gasteiger partial charge in [0, 0.05) is 0 Å². The molecule has 0 radical (unpaired) electrons. The van der Waals surface area contributed by atoms with Gasteiger partial charge in [-0.1, -0.05) is 79.7 Å². The van der Waals surface area contributed by atoms with E-state index in [0.29, 0.717) is 5.92 Å². The molecule has 0 bridgehead atoms. The van der Waals surface area contributed by atoms with Crippen molar-refractivity contribution in [3.05, 3.63) is 58.1 Å². The first-order valence-corrected chi connectivity index (χ1v) is 10.2. The van der Waals surface area contributed by atoms with Crippen LogP contribution in [0.4, 0.5) is 0 Å². The minimum absolute atomic E-state index is 0.197. The van der Waals surface area contributed by atoms with Crippen molar-refractivity contribution in [3.8, 4) is 11.1 Å². The van der Waals surface area contributed by atoms with E-state index in [9.17, 15) is 0 Å². The summed E-state index contributed by atoms with van der Waals surface area (Å²) in [6.45, 7) is 19.1. The van der Waals surface area contributed by atoms with Crippen LogP contribution in [0.5, 0.6) is 0 Å². The van der Waals surface area contributed by atoms with Crippen LogP contribution in [-0.2, 0) is 17.3 Å². The van der Waals surface area contributed by atoms with Crippen molar-refractivity contribution < 1.29 is 0 Å². The molecule has 4 rings (SSSR count). The zero-order valence-corrected chi connectivity index (χ0v) is 17.9. The van der Waals surface area contributed by atoms with Crippen molar-refractivity contribution in [2.24, 2.45) is 5.41 Å². The van der Waals surface area contributed by atoms with Gasteiger partial charge in [-0.05, 0) is 80.0 Å². The Kier molecular flexibility index (Phi) is 3.60. The monoisotopic (exact) mass is 346 g/mol. The smallest absolute Gasteiger partial charge is 0.00133 e. The summed E-state index contributed by atoms with van der Waals surface area (Å²) >= 11 is 0. The maximum absolute atomic E-state index is 2.57. The van der Waals surface area contributed by atoms with Crippen molar-refractivity contribution in [1.82, 2.24) is 0 Å². The van der Waals surface area contributed by atoms with Gasteiger partial charge < -0.3 is 0 Å². The summed E-state index contributed by atoms with van der Waals surface area (Å²) in [7, 11) is 0. The zero-order valence-electron chi connectivity index (χ0n) is 17.9. The second-order valence-electron chi connectivity index (χ2n) is 11.1. The molecule has 0 nitrogen and oxygen atoms in total. The van der Waals surface area contributed by atoms with Crippen LogP contribution in [0.3, 0.4) is 0 Å². The Labute approximate surface area is 160 Å². The lowest BCUT2D eigenvalue weighted by Gasteiger charge is -2.40. The highest BCUT2D eigenvalue weighted by Gasteiger charge is 2.47. The molecule has 2 aliphatic carbocycles. The highest BCUT2D eigenvalue weighted by molar-refractivity contribution is 5.79. The molecular weight excluding hydrogens is 312 g/mol. The normalized spacial score (nSPS) is 24.4. The summed E-state index contributed by atoms with van der Waals surface area (Å²) in [5, 5.41) is 0. The van der Waals surface area contributed by atoms with E-state index in [-0.39, 0.29) is 16.2 Å². The van der Waals surface area contributed by atoms with Gasteiger partial charge in [0.25, 0.3) is 0 Å². The topological polar surface area (TPSA) is 0 Å². The quantitative estimate of drug-likeness (QED) is 0.399. The Bertz CT molecular complexity index is 885. The molecule has 138 valence electrons. The molecule has 2 atom stereocenters. The van der Waals surface area contributed by atoms with E-state index in [4.69, 9.17) is 0 Å². The molecule has 0 N–H and O–H groups in total. The fourth-order valence-corrected chi connectivity index (χ4v) is 5.14. The van der Waals surface area contributed by atoms with E-state index in [1.54, 1.807) is 11.1 Å². The van der Waals surface area contributed by atoms with Gasteiger partial charge in [0.2, 0.25) is 0 Å². The molecule has 0 heteroatoms. The zero-order chi connectivity index (χ0) is 19.1. The van der Waals surface area contributed by atoms with Gasteiger partial charge in [-0.2, -0.15) is 0 Å². The van der Waals surface area contributed by atoms with Crippen molar-refractivity contribution in [2.75, 3.05) is 0 Å². The van der Waals surface area contributed by atoms with Gasteiger partial charge in [-0.3, -0.25) is 0 Å². The third-order valence-electron chi connectivity index (χ3n) is 7.42. The van der Waals surface area contributed by atoms with E-state index in [0.717, 1.165) is 6.42 Å². The molecule has 0 heterocycles. The summed E-state index contributed by atoms with van der Waals surface area (Å²) < 4.78 is 0. The molecule has 0 amide bonds. The lowest BCUT2D eigenvalue weighted by molar-refractivity contribution is 0.197. The van der Waals surface area contributed by atoms with Gasteiger partial charge in [-0.25, -0.2) is 0 Å². The Morgan fingerprint density at radius 3 is 2.15 bits per heavy atom. The van der Waals surface area contributed by atoms with E-state index < -0.39 is 0 Å². The third kappa shape index (κ3) is 2.41. The molecule has 26 heavy (non-hydrogen) atoms. The molecule has 2 aliphatic rings. The first kappa shape index (κ1) is 17.8. The predicted molar refractivity (Wildman–Crippen MR) is 113 cm³/mol. The van der Waals surface area contributed by atoms with E-state index >= 15 is 0 Å². The third-order valence-corrected chi connectivity index (χ3v) is 7.42. The largest absolute Gasteiger partial charge is 0.0593 e. The molecule has 0 fully saturated rings. The van der Waals surface area contributed by atoms with Crippen molar-refractivity contribution >= 4 is 0 Å². The van der Waals surface area contributed by atoms with E-state index in [1.165, 1.54) is 34.2 Å². The average molecular weight is 347 g/mol. The highest BCUT2D eigenvalue weighted by atomic mass is 14.5. The molecular formula is C26H34. The van der Waals surface area contributed by atoms with Gasteiger partial charge in [0.05, 0.1) is 0 Å². The summed E-state index contributed by atoms with van der Waals surface area (Å²) in [4.78, 5) is 0. The SMILES string of the molecule is CC1CC(C)(C(C)(C)C)c2cc3c(cc21)Cc1ccc(C(C)(C)C)cc1-3. The molecule has 2 aromatic carbocycles. The molecule has 0 aromatic heterocycles. The average Bonchev–Trinajstić information content (AvgIpc) is 3.00. The maximum Gasteiger partial charge on any atom is -0.00133 e. The second kappa shape index (κ2) is 5.24. The lowest BCUT2D eigenvalue weighted by Crippen LogP contribution is -2.35. The lowest BCUT2D eigenvalue weighted by atomic mass is 9.64. The van der Waals surface area contributed by atoms with E-state index in [2.05, 4.69) is 85.7 Å². The molecule has 0 spiro atoms. The van der Waals surface area contributed by atoms with Crippen LogP contribution in [0, 0.1) is 5.41 Å². The van der Waals surface area contributed by atoms with Gasteiger partial charge in [-0.15, -0.1) is 0 Å². The van der Waals surface area contributed by atoms with E-state index in [1.807, 2.05) is 0 Å². The van der Waals surface area contributed by atoms with Crippen LogP contribution < -0.4 is 0 Å². The van der Waals surface area contributed by atoms with Crippen LogP contribution >= 0.6 is 0 Å². The highest BCUT2D eigenvalue weighted by Crippen LogP contribution is 2.56. The molecule has 0 saturated heterocycles. The van der Waals surface area contributed by atoms with Gasteiger partial charge >= 0.3 is 0 Å². The van der Waals surface area contributed by atoms with Crippen molar-refractivity contribution in [3.63, 3.8) is 0 Å². The second-order valence-corrected chi connectivity index (χ2v) is 11.1. The van der Waals surface area contributed by atoms with Gasteiger partial charge in [0.1, 0.15) is 0 Å². The minimum atomic E-state index is 0.197. The summed E-state index contributed by atoms with van der Waals surface area (Å²) in [5.74, 6) is 0.661. The molecule has 2 unspecified atom stereocenters. The fraction of sp³-hybridized carbons (Fsp3) is 0.538. The standard InChI is InChI=1S/C26H34/c1-16-15-26(8,25(5,6)7)23-14-22-18(12-20(16)23)11-17-9-10-19(13-21(17)22)24(2,3)4/h9-10,12-14,16H,11,15H2,1-8H3. The Morgan fingerprint density at radius 2 is 1.54 bits per heavy atom. The molecule has 2 aromatic rings. The maximum atomic E-state index is 2.57. The van der Waals surface area contributed by atoms with Crippen LogP contribution in [0.15, 0.2) is 30.3 Å². The number of benzene rings is 2. The Balaban J connectivity index is 1.91. The summed E-state index contributed by atoms with van der Waals surface area (Å²) in [5.41, 5.74) is 11.4. The molecule has 0 aliphatic heterocycles. The summed E-state index contributed by atoms with van der Waals surface area (Å²) in [6, 6.07) is 12.3. The first-order valence-electron chi connectivity index (χ1n) is 10.2. The number of hydrogen-bond acceptors (Lipinski definition) is 0. The fourth-order valence-electron chi connectivity index (χ4n) is 5.14. The first-order chi connectivity index (χ1) is 11.9. The summed E-state index contributed by atoms with van der Waals surface area (Å²) in [6.07, 6.45) is 2.37.